The number of para-hydroxylation sites is 2. The van der Waals surface area contributed by atoms with Crippen LogP contribution in [0.15, 0.2) is 84.9 Å². The zero-order valence-electron chi connectivity index (χ0n) is 40.9. The van der Waals surface area contributed by atoms with Crippen LogP contribution in [0, 0.1) is 0 Å². The average Bonchev–Trinajstić information content (AvgIpc) is 3.80. The molecule has 2 N–H and O–H groups in total. The molecular weight excluding hydrogens is 857 g/mol. The number of amides is 2. The molecule has 9 rings (SSSR count). The quantitative estimate of drug-likeness (QED) is 0.124. The van der Waals surface area contributed by atoms with Crippen molar-refractivity contribution in [1.82, 2.24) is 9.55 Å². The molecule has 1 aliphatic heterocycles. The van der Waals surface area contributed by atoms with Gasteiger partial charge in [-0.25, -0.2) is 19.2 Å². The lowest BCUT2D eigenvalue weighted by Crippen LogP contribution is -2.38. The maximum absolute atomic E-state index is 13.3. The van der Waals surface area contributed by atoms with Crippen LogP contribution in [0.1, 0.15) is 149 Å². The number of fused-ring (bicyclic) bond motifs is 6. The van der Waals surface area contributed by atoms with Crippen LogP contribution in [-0.2, 0) is 25.5 Å². The van der Waals surface area contributed by atoms with Gasteiger partial charge in [0.05, 0.1) is 48.1 Å². The first-order valence-electron chi connectivity index (χ1n) is 24.2. The van der Waals surface area contributed by atoms with Crippen LogP contribution in [-0.4, -0.2) is 65.6 Å². The van der Waals surface area contributed by atoms with E-state index in [-0.39, 0.29) is 18.0 Å². The highest BCUT2D eigenvalue weighted by Crippen LogP contribution is 2.48. The summed E-state index contributed by atoms with van der Waals surface area (Å²) < 4.78 is 23.5. The van der Waals surface area contributed by atoms with Crippen LogP contribution in [0.2, 0.25) is 0 Å². The van der Waals surface area contributed by atoms with E-state index in [9.17, 15) is 19.2 Å². The Kier molecular flexibility index (Phi) is 14.1. The van der Waals surface area contributed by atoms with Gasteiger partial charge in [0.25, 0.3) is 0 Å². The van der Waals surface area contributed by atoms with Crippen molar-refractivity contribution in [3.63, 3.8) is 0 Å². The molecule has 2 aromatic heterocycles. The van der Waals surface area contributed by atoms with Crippen molar-refractivity contribution in [2.45, 2.75) is 135 Å². The second kappa shape index (κ2) is 20.0. The van der Waals surface area contributed by atoms with E-state index < -0.39 is 17.3 Å². The second-order valence-electron chi connectivity index (χ2n) is 20.3. The van der Waals surface area contributed by atoms with Crippen molar-refractivity contribution in [1.29, 1.82) is 0 Å². The van der Waals surface area contributed by atoms with Crippen LogP contribution in [0.5, 0.6) is 0 Å². The van der Waals surface area contributed by atoms with E-state index >= 15 is 0 Å². The number of nitrogens with zero attached hydrogens (tertiary/aromatic N) is 2. The molecule has 0 bridgehead atoms. The lowest BCUT2D eigenvalue weighted by molar-refractivity contribution is 0.0574. The molecule has 0 radical (unpaired) electrons. The topological polar surface area (TPSA) is 141 Å². The van der Waals surface area contributed by atoms with Gasteiger partial charge >= 0.3 is 24.1 Å². The van der Waals surface area contributed by atoms with Crippen molar-refractivity contribution in [2.24, 2.45) is 0 Å². The van der Waals surface area contributed by atoms with Crippen LogP contribution >= 0.6 is 0 Å². The van der Waals surface area contributed by atoms with Gasteiger partial charge in [-0.2, -0.15) is 0 Å². The number of hydrogen-bond donors (Lipinski definition) is 2. The zero-order chi connectivity index (χ0) is 48.3. The number of hydrogen-bond acceptors (Lipinski definition) is 8. The van der Waals surface area contributed by atoms with Crippen LogP contribution < -0.4 is 10.2 Å². The Morgan fingerprint density at radius 2 is 1.18 bits per heavy atom. The van der Waals surface area contributed by atoms with Crippen molar-refractivity contribution < 1.29 is 38.1 Å². The van der Waals surface area contributed by atoms with Gasteiger partial charge < -0.3 is 28.5 Å². The number of rotatable bonds is 6. The van der Waals surface area contributed by atoms with Gasteiger partial charge in [-0.1, -0.05) is 87.1 Å². The number of aromatic nitrogens is 2. The highest BCUT2D eigenvalue weighted by Gasteiger charge is 2.34. The molecule has 12 heteroatoms. The van der Waals surface area contributed by atoms with Crippen molar-refractivity contribution in [3.05, 3.63) is 107 Å². The first kappa shape index (κ1) is 47.9. The highest BCUT2D eigenvalue weighted by molar-refractivity contribution is 6.03. The maximum Gasteiger partial charge on any atom is 0.414 e. The predicted octanol–water partition coefficient (Wildman–Crippen LogP) is 13.9. The standard InChI is InChI=1S/C29H34N2O4.C27H32N2O4/c1-29(2,3)35-28(33)31-17-16-30-24-18-20(27(32)34-4)14-15-21(24)25(19-10-6-5-7-11-19)26(30)22-12-8-9-13-23(22)31;1-27(2,3)33-26(31)29-21-13-9-8-12-20(21)24-23(17-10-6-5-7-11-17)19-15-14-18(25(30)32-4)16-22(19)28-24/h8-9,12-15,18-19H,5-7,10-11,16-17H2,1-4H3;8-9,12-17,28H,5-7,10-11H2,1-4H3,(H,29,31). The predicted molar refractivity (Wildman–Crippen MR) is 269 cm³/mol. The van der Waals surface area contributed by atoms with E-state index in [1.807, 2.05) is 114 Å². The molecule has 2 fully saturated rings. The number of anilines is 2. The Hall–Kier alpha value is -6.56. The number of nitrogens with one attached hydrogen (secondary N) is 2. The fourth-order valence-electron chi connectivity index (χ4n) is 10.4. The van der Waals surface area contributed by atoms with E-state index in [4.69, 9.17) is 18.9 Å². The van der Waals surface area contributed by atoms with Gasteiger partial charge in [0, 0.05) is 46.0 Å². The maximum atomic E-state index is 13.3. The molecule has 2 saturated carbocycles. The molecule has 0 atom stereocenters. The molecule has 12 nitrogen and oxygen atoms in total. The Bertz CT molecular complexity index is 2830. The zero-order valence-corrected chi connectivity index (χ0v) is 40.9. The third-order valence-electron chi connectivity index (χ3n) is 13.3. The summed E-state index contributed by atoms with van der Waals surface area (Å²) in [6, 6.07) is 27.5. The molecule has 0 saturated heterocycles. The first-order valence-corrected chi connectivity index (χ1v) is 24.2. The van der Waals surface area contributed by atoms with Crippen LogP contribution in [0.3, 0.4) is 0 Å². The summed E-state index contributed by atoms with van der Waals surface area (Å²) in [5.74, 6) is 0.166. The number of esters is 2. The smallest absolute Gasteiger partial charge is 0.414 e. The molecule has 3 heterocycles. The number of carbonyl (C=O) groups excluding carboxylic acids is 4. The summed E-state index contributed by atoms with van der Waals surface area (Å²) in [6.45, 7) is 12.3. The summed E-state index contributed by atoms with van der Waals surface area (Å²) in [7, 11) is 2.80. The molecule has 4 aromatic carbocycles. The fourth-order valence-corrected chi connectivity index (χ4v) is 10.4. The number of H-pyrrole nitrogens is 1. The number of aromatic amines is 1. The van der Waals surface area contributed by atoms with E-state index in [2.05, 4.69) is 27.0 Å². The normalized spacial score (nSPS) is 15.6. The fraction of sp³-hybridized carbons (Fsp3) is 0.429. The molecule has 2 amide bonds. The van der Waals surface area contributed by atoms with Crippen LogP contribution in [0.25, 0.3) is 44.3 Å². The number of methoxy groups -OCH3 is 2. The van der Waals surface area contributed by atoms with E-state index in [0.29, 0.717) is 41.7 Å². The molecule has 3 aliphatic rings. The number of benzene rings is 4. The minimum Gasteiger partial charge on any atom is -0.465 e. The molecule has 2 aliphatic carbocycles. The first-order chi connectivity index (χ1) is 32.5. The summed E-state index contributed by atoms with van der Waals surface area (Å²) in [6.07, 6.45) is 11.1. The number of ether oxygens (including phenoxy) is 4. The average molecular weight is 923 g/mol. The van der Waals surface area contributed by atoms with Gasteiger partial charge in [-0.15, -0.1) is 0 Å². The lowest BCUT2D eigenvalue weighted by Gasteiger charge is -2.28. The van der Waals surface area contributed by atoms with Crippen molar-refractivity contribution in [3.8, 4) is 22.5 Å². The Morgan fingerprint density at radius 3 is 1.79 bits per heavy atom. The van der Waals surface area contributed by atoms with Gasteiger partial charge in [0.2, 0.25) is 0 Å². The Balaban J connectivity index is 0.000000184. The number of carbonyl (C=O) groups is 4. The monoisotopic (exact) mass is 922 g/mol. The summed E-state index contributed by atoms with van der Waals surface area (Å²) in [5.41, 5.74) is 10.0. The molecule has 358 valence electrons. The molecular formula is C56H66N4O8. The van der Waals surface area contributed by atoms with E-state index in [1.165, 1.54) is 69.3 Å². The lowest BCUT2D eigenvalue weighted by atomic mass is 9.81. The van der Waals surface area contributed by atoms with Gasteiger partial charge in [-0.3, -0.25) is 10.2 Å². The second-order valence-corrected chi connectivity index (χ2v) is 20.3. The molecule has 0 unspecified atom stereocenters. The molecule has 68 heavy (non-hydrogen) atoms. The van der Waals surface area contributed by atoms with E-state index in [1.54, 1.807) is 4.90 Å². The SMILES string of the molecule is COC(=O)c1ccc2c(C3CCCCC3)c(-c3ccccc3NC(=O)OC(C)(C)C)[nH]c2c1.COC(=O)c1ccc2c(C3CCCCC3)c3n(c2c1)CCN(C(=O)OC(C)(C)C)c1ccccc1-3. The summed E-state index contributed by atoms with van der Waals surface area (Å²) in [5, 5.41) is 5.23. The van der Waals surface area contributed by atoms with Crippen molar-refractivity contribution >= 4 is 57.3 Å². The third kappa shape index (κ3) is 10.3. The Morgan fingerprint density at radius 1 is 0.618 bits per heavy atom. The minimum absolute atomic E-state index is 0.338. The third-order valence-corrected chi connectivity index (χ3v) is 13.3. The summed E-state index contributed by atoms with van der Waals surface area (Å²) >= 11 is 0. The van der Waals surface area contributed by atoms with Crippen LogP contribution in [0.4, 0.5) is 21.0 Å². The van der Waals surface area contributed by atoms with Gasteiger partial charge in [0.15, 0.2) is 0 Å². The summed E-state index contributed by atoms with van der Waals surface area (Å²) in [4.78, 5) is 55.6. The Labute approximate surface area is 399 Å². The van der Waals surface area contributed by atoms with Crippen molar-refractivity contribution in [2.75, 3.05) is 31.0 Å². The molecule has 0 spiro atoms. The molecule has 6 aromatic rings. The van der Waals surface area contributed by atoms with Gasteiger partial charge in [-0.05, 0) is 127 Å². The highest BCUT2D eigenvalue weighted by atomic mass is 16.6. The minimum atomic E-state index is -0.586. The van der Waals surface area contributed by atoms with E-state index in [0.717, 1.165) is 70.3 Å². The van der Waals surface area contributed by atoms with Gasteiger partial charge in [0.1, 0.15) is 11.2 Å². The largest absolute Gasteiger partial charge is 0.465 e.